The Bertz CT molecular complexity index is 971. The Hall–Kier alpha value is -2.09. The third kappa shape index (κ3) is 5.53. The molecule has 0 aromatic heterocycles. The average molecular weight is 451 g/mol. The molecule has 1 aliphatic rings. The van der Waals surface area contributed by atoms with Gasteiger partial charge in [-0.15, -0.1) is 0 Å². The fraction of sp³-hybridized carbons (Fsp3) is 0.409. The molecular weight excluding hydrogens is 424 g/mol. The van der Waals surface area contributed by atoms with Crippen LogP contribution in [0.4, 0.5) is 0 Å². The van der Waals surface area contributed by atoms with Crippen LogP contribution in [0.1, 0.15) is 24.0 Å². The number of hydrogen-bond acceptors (Lipinski definition) is 4. The van der Waals surface area contributed by atoms with Crippen molar-refractivity contribution in [3.05, 3.63) is 64.7 Å². The number of carbonyl (C=O) groups is 1. The number of ether oxygens (including phenoxy) is 1. The summed E-state index contributed by atoms with van der Waals surface area (Å²) in [6, 6.07) is 14.5. The monoisotopic (exact) mass is 450 g/mol. The summed E-state index contributed by atoms with van der Waals surface area (Å²) in [4.78, 5) is 14.6. The van der Waals surface area contributed by atoms with E-state index in [0.29, 0.717) is 43.1 Å². The van der Waals surface area contributed by atoms with Gasteiger partial charge in [-0.1, -0.05) is 41.9 Å². The third-order valence-electron chi connectivity index (χ3n) is 5.44. The van der Waals surface area contributed by atoms with Crippen molar-refractivity contribution in [2.75, 3.05) is 27.2 Å². The van der Waals surface area contributed by atoms with Crippen molar-refractivity contribution in [1.82, 2.24) is 9.21 Å². The van der Waals surface area contributed by atoms with Crippen molar-refractivity contribution in [3.8, 4) is 5.75 Å². The van der Waals surface area contributed by atoms with Crippen LogP contribution in [0, 0.1) is 5.92 Å². The van der Waals surface area contributed by atoms with Crippen LogP contribution < -0.4 is 4.74 Å². The van der Waals surface area contributed by atoms with E-state index in [4.69, 9.17) is 16.3 Å². The van der Waals surface area contributed by atoms with Gasteiger partial charge >= 0.3 is 0 Å². The molecule has 30 heavy (non-hydrogen) atoms. The highest BCUT2D eigenvalue weighted by molar-refractivity contribution is 7.88. The predicted molar refractivity (Wildman–Crippen MR) is 118 cm³/mol. The Labute approximate surface area is 183 Å². The lowest BCUT2D eigenvalue weighted by atomic mass is 9.96. The molecule has 0 atom stereocenters. The molecular formula is C22H27ClN2O4S. The van der Waals surface area contributed by atoms with Gasteiger partial charge in [0.15, 0.2) is 0 Å². The van der Waals surface area contributed by atoms with E-state index in [1.165, 1.54) is 4.31 Å². The van der Waals surface area contributed by atoms with Gasteiger partial charge in [-0.3, -0.25) is 4.79 Å². The first-order valence-corrected chi connectivity index (χ1v) is 11.9. The first-order chi connectivity index (χ1) is 14.3. The van der Waals surface area contributed by atoms with Crippen LogP contribution >= 0.6 is 11.6 Å². The van der Waals surface area contributed by atoms with Crippen LogP contribution in [-0.2, 0) is 27.1 Å². The zero-order chi connectivity index (χ0) is 21.7. The number of piperidine rings is 1. The number of rotatable bonds is 7. The van der Waals surface area contributed by atoms with Gasteiger partial charge in [0.05, 0.1) is 12.9 Å². The molecule has 3 rings (SSSR count). The maximum Gasteiger partial charge on any atom is 0.225 e. The first-order valence-electron chi connectivity index (χ1n) is 9.89. The second-order valence-electron chi connectivity index (χ2n) is 7.56. The van der Waals surface area contributed by atoms with Crippen molar-refractivity contribution in [2.45, 2.75) is 25.1 Å². The molecule has 1 fully saturated rings. The molecule has 0 bridgehead atoms. The molecule has 2 aromatic carbocycles. The molecule has 1 amide bonds. The quantitative estimate of drug-likeness (QED) is 0.647. The predicted octanol–water partition coefficient (Wildman–Crippen LogP) is 3.55. The number of nitrogens with zero attached hydrogens (tertiary/aromatic N) is 2. The van der Waals surface area contributed by atoms with Gasteiger partial charge < -0.3 is 9.64 Å². The largest absolute Gasteiger partial charge is 0.496 e. The van der Waals surface area contributed by atoms with E-state index in [9.17, 15) is 13.2 Å². The smallest absolute Gasteiger partial charge is 0.225 e. The maximum absolute atomic E-state index is 12.9. The molecule has 0 unspecified atom stereocenters. The number of halogens is 1. The molecule has 1 saturated heterocycles. The van der Waals surface area contributed by atoms with Gasteiger partial charge in [0.1, 0.15) is 5.75 Å². The van der Waals surface area contributed by atoms with Crippen molar-refractivity contribution >= 4 is 27.5 Å². The Balaban J connectivity index is 1.56. The lowest BCUT2D eigenvalue weighted by Gasteiger charge is -2.32. The summed E-state index contributed by atoms with van der Waals surface area (Å²) < 4.78 is 32.3. The Morgan fingerprint density at radius 1 is 1.13 bits per heavy atom. The summed E-state index contributed by atoms with van der Waals surface area (Å²) in [6.07, 6.45) is 1.05. The standard InChI is InChI=1S/C22H27ClN2O4S/c1-24(15-19-5-3-4-6-21(19)29-2)22(26)18-11-13-25(14-12-18)30(27,28)16-17-7-9-20(23)10-8-17/h3-10,18H,11-16H2,1-2H3. The van der Waals surface area contributed by atoms with Gasteiger partial charge in [-0.05, 0) is 36.6 Å². The van der Waals surface area contributed by atoms with Gasteiger partial charge in [0.2, 0.25) is 15.9 Å². The molecule has 1 heterocycles. The van der Waals surface area contributed by atoms with Crippen LogP contribution in [-0.4, -0.2) is 50.8 Å². The van der Waals surface area contributed by atoms with Gasteiger partial charge in [0, 0.05) is 43.2 Å². The number of para-hydroxylation sites is 1. The fourth-order valence-corrected chi connectivity index (χ4v) is 5.43. The molecule has 6 nitrogen and oxygen atoms in total. The summed E-state index contributed by atoms with van der Waals surface area (Å²) in [6.45, 7) is 1.17. The van der Waals surface area contributed by atoms with E-state index < -0.39 is 10.0 Å². The summed E-state index contributed by atoms with van der Waals surface area (Å²) >= 11 is 5.87. The summed E-state index contributed by atoms with van der Waals surface area (Å²) in [5.74, 6) is 0.554. The minimum absolute atomic E-state index is 0.0376. The maximum atomic E-state index is 12.9. The van der Waals surface area contributed by atoms with Crippen molar-refractivity contribution in [3.63, 3.8) is 0 Å². The SMILES string of the molecule is COc1ccccc1CN(C)C(=O)C1CCN(S(=O)(=O)Cc2ccc(Cl)cc2)CC1. The fourth-order valence-electron chi connectivity index (χ4n) is 3.74. The summed E-state index contributed by atoms with van der Waals surface area (Å²) in [5.41, 5.74) is 1.65. The van der Waals surface area contributed by atoms with E-state index in [0.717, 1.165) is 11.3 Å². The van der Waals surface area contributed by atoms with Gasteiger partial charge in [0.25, 0.3) is 0 Å². The number of benzene rings is 2. The van der Waals surface area contributed by atoms with E-state index in [1.807, 2.05) is 24.3 Å². The van der Waals surface area contributed by atoms with Gasteiger partial charge in [-0.25, -0.2) is 12.7 Å². The molecule has 0 N–H and O–H groups in total. The van der Waals surface area contributed by atoms with E-state index in [1.54, 1.807) is 43.3 Å². The molecule has 2 aromatic rings. The second-order valence-corrected chi connectivity index (χ2v) is 9.97. The highest BCUT2D eigenvalue weighted by atomic mass is 35.5. The van der Waals surface area contributed by atoms with Crippen molar-refractivity contribution < 1.29 is 17.9 Å². The molecule has 8 heteroatoms. The normalized spacial score (nSPS) is 15.7. The van der Waals surface area contributed by atoms with Gasteiger partial charge in [-0.2, -0.15) is 0 Å². The van der Waals surface area contributed by atoms with Crippen LogP contribution in [0.25, 0.3) is 0 Å². The molecule has 0 aliphatic carbocycles. The third-order valence-corrected chi connectivity index (χ3v) is 7.54. The highest BCUT2D eigenvalue weighted by Gasteiger charge is 2.32. The Kier molecular flexibility index (Phi) is 7.39. The minimum atomic E-state index is -3.43. The molecule has 0 radical (unpaired) electrons. The number of hydrogen-bond donors (Lipinski definition) is 0. The second kappa shape index (κ2) is 9.81. The Morgan fingerprint density at radius 2 is 1.77 bits per heavy atom. The molecule has 162 valence electrons. The number of carbonyl (C=O) groups excluding carboxylic acids is 1. The molecule has 0 saturated carbocycles. The van der Waals surface area contributed by atoms with Crippen LogP contribution in [0.3, 0.4) is 0 Å². The van der Waals surface area contributed by atoms with E-state index in [-0.39, 0.29) is 17.6 Å². The van der Waals surface area contributed by atoms with Crippen LogP contribution in [0.5, 0.6) is 5.75 Å². The number of methoxy groups -OCH3 is 1. The Morgan fingerprint density at radius 3 is 2.40 bits per heavy atom. The zero-order valence-corrected chi connectivity index (χ0v) is 18.8. The summed E-state index contributed by atoms with van der Waals surface area (Å²) in [5, 5.41) is 0.577. The molecule has 0 spiro atoms. The lowest BCUT2D eigenvalue weighted by Crippen LogP contribution is -2.43. The van der Waals surface area contributed by atoms with Crippen molar-refractivity contribution in [2.24, 2.45) is 5.92 Å². The minimum Gasteiger partial charge on any atom is -0.496 e. The topological polar surface area (TPSA) is 66.9 Å². The summed E-state index contributed by atoms with van der Waals surface area (Å²) in [7, 11) is -0.0392. The lowest BCUT2D eigenvalue weighted by molar-refractivity contribution is -0.135. The average Bonchev–Trinajstić information content (AvgIpc) is 2.75. The first kappa shape index (κ1) is 22.6. The number of amides is 1. The zero-order valence-electron chi connectivity index (χ0n) is 17.3. The van der Waals surface area contributed by atoms with Crippen LogP contribution in [0.15, 0.2) is 48.5 Å². The molecule has 1 aliphatic heterocycles. The highest BCUT2D eigenvalue weighted by Crippen LogP contribution is 2.25. The van der Waals surface area contributed by atoms with Crippen LogP contribution in [0.2, 0.25) is 5.02 Å². The van der Waals surface area contributed by atoms with Crippen molar-refractivity contribution in [1.29, 1.82) is 0 Å². The number of sulfonamides is 1. The van der Waals surface area contributed by atoms with E-state index in [2.05, 4.69) is 0 Å². The van der Waals surface area contributed by atoms with E-state index >= 15 is 0 Å².